The van der Waals surface area contributed by atoms with Crippen LogP contribution in [0.3, 0.4) is 0 Å². The zero-order valence-electron chi connectivity index (χ0n) is 11.8. The summed E-state index contributed by atoms with van der Waals surface area (Å²) in [7, 11) is 0. The van der Waals surface area contributed by atoms with Gasteiger partial charge < -0.3 is 4.57 Å². The van der Waals surface area contributed by atoms with Crippen LogP contribution in [0, 0.1) is 3.57 Å². The van der Waals surface area contributed by atoms with Crippen molar-refractivity contribution in [2.45, 2.75) is 19.9 Å². The van der Waals surface area contributed by atoms with E-state index >= 15 is 0 Å². The molecule has 0 radical (unpaired) electrons. The molecular weight excluding hydrogens is 373 g/mol. The van der Waals surface area contributed by atoms with Crippen LogP contribution in [0.2, 0.25) is 0 Å². The maximum Gasteiger partial charge on any atom is 0.196 e. The highest BCUT2D eigenvalue weighted by molar-refractivity contribution is 14.1. The van der Waals surface area contributed by atoms with Gasteiger partial charge in [0.25, 0.3) is 0 Å². The molecule has 1 aromatic heterocycles. The highest BCUT2D eigenvalue weighted by Gasteiger charge is 2.17. The molecule has 3 heteroatoms. The molecule has 2 aromatic carbocycles. The summed E-state index contributed by atoms with van der Waals surface area (Å²) in [6.07, 6.45) is 3.05. The van der Waals surface area contributed by atoms with Gasteiger partial charge in [-0.3, -0.25) is 4.79 Å². The second-order valence-electron chi connectivity index (χ2n) is 5.06. The summed E-state index contributed by atoms with van der Waals surface area (Å²) in [6.45, 7) is 3.08. The van der Waals surface area contributed by atoms with E-state index in [2.05, 4.69) is 40.1 Å². The molecule has 3 rings (SSSR count). The topological polar surface area (TPSA) is 22.0 Å². The molecule has 0 spiro atoms. The van der Waals surface area contributed by atoms with Gasteiger partial charge in [-0.15, -0.1) is 0 Å². The van der Waals surface area contributed by atoms with Crippen LogP contribution in [0.4, 0.5) is 0 Å². The summed E-state index contributed by atoms with van der Waals surface area (Å²) in [5.41, 5.74) is 2.70. The molecule has 106 valence electrons. The van der Waals surface area contributed by atoms with Crippen molar-refractivity contribution >= 4 is 39.3 Å². The van der Waals surface area contributed by atoms with Crippen LogP contribution in [0.1, 0.15) is 29.3 Å². The number of carbonyl (C=O) groups is 1. The van der Waals surface area contributed by atoms with Gasteiger partial charge in [0.1, 0.15) is 0 Å². The lowest BCUT2D eigenvalue weighted by Crippen LogP contribution is -2.03. The summed E-state index contributed by atoms with van der Waals surface area (Å²) in [5.74, 6) is 0.103. The van der Waals surface area contributed by atoms with Crippen molar-refractivity contribution in [1.82, 2.24) is 4.57 Å². The molecule has 0 amide bonds. The van der Waals surface area contributed by atoms with E-state index in [-0.39, 0.29) is 5.78 Å². The van der Waals surface area contributed by atoms with Gasteiger partial charge in [0.2, 0.25) is 0 Å². The molecule has 0 bridgehead atoms. The monoisotopic (exact) mass is 389 g/mol. The molecule has 0 aliphatic carbocycles. The predicted molar refractivity (Wildman–Crippen MR) is 94.8 cm³/mol. The zero-order valence-corrected chi connectivity index (χ0v) is 14.0. The van der Waals surface area contributed by atoms with Gasteiger partial charge in [0.05, 0.1) is 0 Å². The Balaban J connectivity index is 2.17. The van der Waals surface area contributed by atoms with Crippen LogP contribution in [0.15, 0.2) is 54.7 Å². The zero-order chi connectivity index (χ0) is 14.8. The number of aromatic nitrogens is 1. The van der Waals surface area contributed by atoms with Gasteiger partial charge in [-0.1, -0.05) is 37.3 Å². The lowest BCUT2D eigenvalue weighted by Gasteiger charge is -2.02. The van der Waals surface area contributed by atoms with E-state index in [1.165, 1.54) is 0 Å². The highest BCUT2D eigenvalue weighted by atomic mass is 127. The fourth-order valence-electron chi connectivity index (χ4n) is 2.64. The van der Waals surface area contributed by atoms with Gasteiger partial charge in [-0.25, -0.2) is 0 Å². The molecule has 0 fully saturated rings. The van der Waals surface area contributed by atoms with E-state index in [0.29, 0.717) is 0 Å². The van der Waals surface area contributed by atoms with Crippen LogP contribution in [0.25, 0.3) is 10.9 Å². The molecule has 0 aliphatic heterocycles. The SMILES string of the molecule is CCCn1cc(C(=O)c2ccccc2I)c2ccccc21. The number of benzene rings is 2. The number of ketones is 1. The molecule has 0 atom stereocenters. The number of hydrogen-bond donors (Lipinski definition) is 0. The fourth-order valence-corrected chi connectivity index (χ4v) is 3.28. The molecule has 0 unspecified atom stereocenters. The maximum atomic E-state index is 12.9. The van der Waals surface area contributed by atoms with E-state index in [1.54, 1.807) is 0 Å². The second kappa shape index (κ2) is 6.02. The number of carbonyl (C=O) groups excluding carboxylic acids is 1. The fraction of sp³-hybridized carbons (Fsp3) is 0.167. The molecule has 0 aliphatic rings. The van der Waals surface area contributed by atoms with Gasteiger partial charge in [-0.05, 0) is 47.2 Å². The van der Waals surface area contributed by atoms with E-state index < -0.39 is 0 Å². The first-order valence-corrected chi connectivity index (χ1v) is 8.17. The second-order valence-corrected chi connectivity index (χ2v) is 6.22. The van der Waals surface area contributed by atoms with Crippen LogP contribution >= 0.6 is 22.6 Å². The summed E-state index contributed by atoms with van der Waals surface area (Å²) in [5, 5.41) is 1.04. The van der Waals surface area contributed by atoms with Crippen molar-refractivity contribution in [1.29, 1.82) is 0 Å². The van der Waals surface area contributed by atoms with Crippen LogP contribution in [-0.4, -0.2) is 10.4 Å². The Labute approximate surface area is 137 Å². The van der Waals surface area contributed by atoms with E-state index in [1.807, 2.05) is 48.7 Å². The smallest absolute Gasteiger partial charge is 0.196 e. The first-order chi connectivity index (χ1) is 10.2. The minimum absolute atomic E-state index is 0.103. The molecule has 0 saturated heterocycles. The lowest BCUT2D eigenvalue weighted by molar-refractivity contribution is 0.103. The Hall–Kier alpha value is -1.62. The normalized spacial score (nSPS) is 11.0. The van der Waals surface area contributed by atoms with Crippen LogP contribution in [-0.2, 0) is 6.54 Å². The van der Waals surface area contributed by atoms with Crippen molar-refractivity contribution in [2.75, 3.05) is 0 Å². The van der Waals surface area contributed by atoms with Crippen molar-refractivity contribution in [2.24, 2.45) is 0 Å². The Bertz CT molecular complexity index is 804. The lowest BCUT2D eigenvalue weighted by atomic mass is 10.0. The molecule has 2 nitrogen and oxygen atoms in total. The standard InChI is InChI=1S/C18H16INO/c1-2-11-20-12-15(13-7-4-6-10-17(13)20)18(21)14-8-3-5-9-16(14)19/h3-10,12H,2,11H2,1H3. The molecule has 1 heterocycles. The van der Waals surface area contributed by atoms with E-state index in [4.69, 9.17) is 0 Å². The highest BCUT2D eigenvalue weighted by Crippen LogP contribution is 2.25. The number of fused-ring (bicyclic) bond motifs is 1. The summed E-state index contributed by atoms with van der Waals surface area (Å²) < 4.78 is 3.17. The Morgan fingerprint density at radius 2 is 1.76 bits per heavy atom. The number of halogens is 1. The largest absolute Gasteiger partial charge is 0.347 e. The summed E-state index contributed by atoms with van der Waals surface area (Å²) in [6, 6.07) is 15.9. The predicted octanol–water partition coefficient (Wildman–Crippen LogP) is 4.89. The van der Waals surface area contributed by atoms with Crippen molar-refractivity contribution < 1.29 is 4.79 Å². The third-order valence-electron chi connectivity index (χ3n) is 3.62. The summed E-state index contributed by atoms with van der Waals surface area (Å²) >= 11 is 2.22. The Morgan fingerprint density at radius 1 is 1.05 bits per heavy atom. The van der Waals surface area contributed by atoms with Crippen molar-refractivity contribution in [3.8, 4) is 0 Å². The molecule has 0 N–H and O–H groups in total. The average molecular weight is 389 g/mol. The number of hydrogen-bond acceptors (Lipinski definition) is 1. The number of para-hydroxylation sites is 1. The van der Waals surface area contributed by atoms with Gasteiger partial charge in [0.15, 0.2) is 5.78 Å². The first kappa shape index (κ1) is 14.3. The van der Waals surface area contributed by atoms with Crippen molar-refractivity contribution in [3.63, 3.8) is 0 Å². The molecular formula is C18H16INO. The third kappa shape index (κ3) is 2.62. The van der Waals surface area contributed by atoms with Crippen molar-refractivity contribution in [3.05, 3.63) is 69.4 Å². The quantitative estimate of drug-likeness (QED) is 0.460. The third-order valence-corrected chi connectivity index (χ3v) is 4.56. The molecule has 3 aromatic rings. The number of aryl methyl sites for hydroxylation is 1. The minimum Gasteiger partial charge on any atom is -0.347 e. The number of rotatable bonds is 4. The minimum atomic E-state index is 0.103. The maximum absolute atomic E-state index is 12.9. The Kier molecular flexibility index (Phi) is 4.10. The van der Waals surface area contributed by atoms with E-state index in [9.17, 15) is 4.79 Å². The van der Waals surface area contributed by atoms with Crippen LogP contribution in [0.5, 0.6) is 0 Å². The van der Waals surface area contributed by atoms with Crippen LogP contribution < -0.4 is 0 Å². The summed E-state index contributed by atoms with van der Waals surface area (Å²) in [4.78, 5) is 12.9. The number of nitrogens with zero attached hydrogens (tertiary/aromatic N) is 1. The van der Waals surface area contributed by atoms with Gasteiger partial charge in [-0.2, -0.15) is 0 Å². The Morgan fingerprint density at radius 3 is 2.52 bits per heavy atom. The van der Waals surface area contributed by atoms with Gasteiger partial charge in [0, 0.05) is 38.3 Å². The first-order valence-electron chi connectivity index (χ1n) is 7.09. The average Bonchev–Trinajstić information content (AvgIpc) is 2.87. The molecule has 21 heavy (non-hydrogen) atoms. The molecule has 0 saturated carbocycles. The van der Waals surface area contributed by atoms with Gasteiger partial charge >= 0.3 is 0 Å². The van der Waals surface area contributed by atoms with E-state index in [0.717, 1.165) is 38.6 Å².